The van der Waals surface area contributed by atoms with E-state index < -0.39 is 0 Å². The average Bonchev–Trinajstić information content (AvgIpc) is 2.65. The predicted octanol–water partition coefficient (Wildman–Crippen LogP) is 2.35. The summed E-state index contributed by atoms with van der Waals surface area (Å²) in [6, 6.07) is 0. The third kappa shape index (κ3) is 4.45. The zero-order chi connectivity index (χ0) is 14.6. The number of amides is 1. The molecule has 0 aromatic heterocycles. The van der Waals surface area contributed by atoms with Gasteiger partial charge in [-0.3, -0.25) is 4.79 Å². The van der Waals surface area contributed by atoms with Crippen molar-refractivity contribution in [2.75, 3.05) is 19.7 Å². The van der Waals surface area contributed by atoms with Gasteiger partial charge in [-0.2, -0.15) is 0 Å². The van der Waals surface area contributed by atoms with Gasteiger partial charge in [-0.25, -0.2) is 0 Å². The number of aliphatic hydroxyl groups excluding tert-OH is 1. The van der Waals surface area contributed by atoms with Crippen LogP contribution in [0.3, 0.4) is 0 Å². The van der Waals surface area contributed by atoms with Crippen LogP contribution < -0.4 is 0 Å². The molecule has 0 radical (unpaired) electrons. The lowest BCUT2D eigenvalue weighted by molar-refractivity contribution is -0.167. The standard InChI is InChI=1S/C16H29NO3/c1-16(2)12-17(10-14(11-18)20-16)15(19)9-13-7-5-3-4-6-8-13/h13-14,18H,3-12H2,1-2H3. The number of rotatable bonds is 3. The predicted molar refractivity (Wildman–Crippen MR) is 78.4 cm³/mol. The Morgan fingerprint density at radius 2 is 1.90 bits per heavy atom. The number of carbonyl (C=O) groups is 1. The minimum absolute atomic E-state index is 0.0172. The summed E-state index contributed by atoms with van der Waals surface area (Å²) in [5, 5.41) is 9.32. The summed E-state index contributed by atoms with van der Waals surface area (Å²) in [6.07, 6.45) is 8.01. The first-order chi connectivity index (χ1) is 9.50. The van der Waals surface area contributed by atoms with Crippen LogP contribution in [0, 0.1) is 5.92 Å². The first kappa shape index (κ1) is 15.8. The lowest BCUT2D eigenvalue weighted by Crippen LogP contribution is -2.55. The maximum Gasteiger partial charge on any atom is 0.223 e. The van der Waals surface area contributed by atoms with E-state index in [0.29, 0.717) is 25.4 Å². The molecule has 2 rings (SSSR count). The zero-order valence-electron chi connectivity index (χ0n) is 12.9. The molecule has 116 valence electrons. The summed E-state index contributed by atoms with van der Waals surface area (Å²) in [4.78, 5) is 14.4. The number of morpholine rings is 1. The SMILES string of the molecule is CC1(C)CN(C(=O)CC2CCCCCC2)CC(CO)O1. The molecule has 1 aliphatic carbocycles. The topological polar surface area (TPSA) is 49.8 Å². The van der Waals surface area contributed by atoms with E-state index in [0.717, 1.165) is 0 Å². The Bertz CT molecular complexity index is 322. The first-order valence-corrected chi connectivity index (χ1v) is 8.06. The van der Waals surface area contributed by atoms with Crippen LogP contribution in [0.4, 0.5) is 0 Å². The molecule has 1 atom stereocenters. The van der Waals surface area contributed by atoms with E-state index >= 15 is 0 Å². The molecule has 4 nitrogen and oxygen atoms in total. The van der Waals surface area contributed by atoms with Gasteiger partial charge in [0.15, 0.2) is 0 Å². The van der Waals surface area contributed by atoms with Gasteiger partial charge in [0.25, 0.3) is 0 Å². The summed E-state index contributed by atoms with van der Waals surface area (Å²) < 4.78 is 5.77. The molecule has 20 heavy (non-hydrogen) atoms. The highest BCUT2D eigenvalue weighted by Gasteiger charge is 2.35. The largest absolute Gasteiger partial charge is 0.394 e. The molecule has 1 heterocycles. The van der Waals surface area contributed by atoms with E-state index in [2.05, 4.69) is 0 Å². The van der Waals surface area contributed by atoms with Crippen molar-refractivity contribution in [1.29, 1.82) is 0 Å². The lowest BCUT2D eigenvalue weighted by atomic mass is 9.95. The van der Waals surface area contributed by atoms with Gasteiger partial charge in [0.1, 0.15) is 0 Å². The van der Waals surface area contributed by atoms with Crippen molar-refractivity contribution in [2.24, 2.45) is 5.92 Å². The Labute approximate surface area is 122 Å². The van der Waals surface area contributed by atoms with Gasteiger partial charge < -0.3 is 14.7 Å². The van der Waals surface area contributed by atoms with E-state index in [1.807, 2.05) is 18.7 Å². The molecule has 2 aliphatic rings. The molecular formula is C16H29NO3. The number of nitrogens with zero attached hydrogens (tertiary/aromatic N) is 1. The highest BCUT2D eigenvalue weighted by Crippen LogP contribution is 2.27. The lowest BCUT2D eigenvalue weighted by Gasteiger charge is -2.42. The monoisotopic (exact) mass is 283 g/mol. The number of ether oxygens (including phenoxy) is 1. The van der Waals surface area contributed by atoms with Gasteiger partial charge in [-0.05, 0) is 32.6 Å². The second-order valence-electron chi connectivity index (χ2n) is 7.02. The van der Waals surface area contributed by atoms with Crippen molar-refractivity contribution in [2.45, 2.75) is 70.5 Å². The van der Waals surface area contributed by atoms with Crippen LogP contribution in [0.25, 0.3) is 0 Å². The molecule has 0 aromatic carbocycles. The number of hydrogen-bond acceptors (Lipinski definition) is 3. The van der Waals surface area contributed by atoms with Crippen molar-refractivity contribution in [3.63, 3.8) is 0 Å². The Morgan fingerprint density at radius 1 is 1.25 bits per heavy atom. The highest BCUT2D eigenvalue weighted by molar-refractivity contribution is 5.76. The molecular weight excluding hydrogens is 254 g/mol. The second kappa shape index (κ2) is 6.90. The summed E-state index contributed by atoms with van der Waals surface area (Å²) in [5.41, 5.74) is -0.356. The molecule has 4 heteroatoms. The van der Waals surface area contributed by atoms with Crippen LogP contribution in [-0.2, 0) is 9.53 Å². The second-order valence-corrected chi connectivity index (χ2v) is 7.02. The Kier molecular flexibility index (Phi) is 5.44. The zero-order valence-corrected chi connectivity index (χ0v) is 12.9. The van der Waals surface area contributed by atoms with Crippen molar-refractivity contribution in [3.8, 4) is 0 Å². The molecule has 1 saturated carbocycles. The molecule has 0 bridgehead atoms. The van der Waals surface area contributed by atoms with E-state index in [1.165, 1.54) is 38.5 Å². The minimum atomic E-state index is -0.356. The van der Waals surface area contributed by atoms with Crippen molar-refractivity contribution < 1.29 is 14.6 Å². The minimum Gasteiger partial charge on any atom is -0.394 e. The van der Waals surface area contributed by atoms with Gasteiger partial charge in [-0.15, -0.1) is 0 Å². The number of hydrogen-bond donors (Lipinski definition) is 1. The summed E-state index contributed by atoms with van der Waals surface area (Å²) in [7, 11) is 0. The van der Waals surface area contributed by atoms with Crippen LogP contribution in [0.5, 0.6) is 0 Å². The third-order valence-electron chi connectivity index (χ3n) is 4.48. The molecule has 1 unspecified atom stereocenters. The Hall–Kier alpha value is -0.610. The molecule has 1 aliphatic heterocycles. The summed E-state index contributed by atoms with van der Waals surface area (Å²) in [5.74, 6) is 0.801. The van der Waals surface area contributed by atoms with Gasteiger partial charge in [-0.1, -0.05) is 25.7 Å². The fourth-order valence-electron chi connectivity index (χ4n) is 3.52. The van der Waals surface area contributed by atoms with Gasteiger partial charge in [0.2, 0.25) is 5.91 Å². The van der Waals surface area contributed by atoms with Gasteiger partial charge >= 0.3 is 0 Å². The summed E-state index contributed by atoms with van der Waals surface area (Å²) >= 11 is 0. The molecule has 1 N–H and O–H groups in total. The van der Waals surface area contributed by atoms with Crippen LogP contribution in [0.1, 0.15) is 58.8 Å². The smallest absolute Gasteiger partial charge is 0.223 e. The first-order valence-electron chi connectivity index (χ1n) is 8.06. The average molecular weight is 283 g/mol. The quantitative estimate of drug-likeness (QED) is 0.809. The molecule has 2 fully saturated rings. The van der Waals surface area contributed by atoms with Crippen LogP contribution in [0.15, 0.2) is 0 Å². The maximum atomic E-state index is 12.5. The van der Waals surface area contributed by atoms with Crippen LogP contribution in [-0.4, -0.2) is 47.3 Å². The molecule has 1 saturated heterocycles. The number of carbonyl (C=O) groups excluding carboxylic acids is 1. The highest BCUT2D eigenvalue weighted by atomic mass is 16.5. The van der Waals surface area contributed by atoms with E-state index in [9.17, 15) is 9.90 Å². The third-order valence-corrected chi connectivity index (χ3v) is 4.48. The van der Waals surface area contributed by atoms with Crippen molar-refractivity contribution >= 4 is 5.91 Å². The fraction of sp³-hybridized carbons (Fsp3) is 0.938. The molecule has 0 spiro atoms. The van der Waals surface area contributed by atoms with Gasteiger partial charge in [0, 0.05) is 19.5 Å². The molecule has 1 amide bonds. The van der Waals surface area contributed by atoms with Crippen molar-refractivity contribution in [3.05, 3.63) is 0 Å². The summed E-state index contributed by atoms with van der Waals surface area (Å²) in [6.45, 7) is 5.12. The van der Waals surface area contributed by atoms with Crippen molar-refractivity contribution in [1.82, 2.24) is 4.90 Å². The van der Waals surface area contributed by atoms with Crippen LogP contribution in [0.2, 0.25) is 0 Å². The fourth-order valence-corrected chi connectivity index (χ4v) is 3.52. The number of aliphatic hydroxyl groups is 1. The normalized spacial score (nSPS) is 28.1. The van der Waals surface area contributed by atoms with E-state index in [-0.39, 0.29) is 24.2 Å². The van der Waals surface area contributed by atoms with Gasteiger partial charge in [0.05, 0.1) is 18.3 Å². The maximum absolute atomic E-state index is 12.5. The Balaban J connectivity index is 1.90. The Morgan fingerprint density at radius 3 is 2.50 bits per heavy atom. The molecule has 0 aromatic rings. The van der Waals surface area contributed by atoms with E-state index in [4.69, 9.17) is 4.74 Å². The van der Waals surface area contributed by atoms with Crippen LogP contribution >= 0.6 is 0 Å². The van der Waals surface area contributed by atoms with E-state index in [1.54, 1.807) is 0 Å².